The van der Waals surface area contributed by atoms with Crippen molar-refractivity contribution in [1.29, 1.82) is 0 Å². The quantitative estimate of drug-likeness (QED) is 0.129. The molecule has 0 saturated heterocycles. The molecule has 2 aliphatic rings. The van der Waals surface area contributed by atoms with Crippen LogP contribution in [0.25, 0.3) is 74.7 Å². The van der Waals surface area contributed by atoms with E-state index in [9.17, 15) is 0 Å². The highest BCUT2D eigenvalue weighted by Gasteiger charge is 2.40. The second kappa shape index (κ2) is 11.4. The first-order valence-electron chi connectivity index (χ1n) is 19.9. The minimum atomic E-state index is -3.45. The van der Waals surface area contributed by atoms with Gasteiger partial charge in [0.1, 0.15) is 0 Å². The highest BCUT2D eigenvalue weighted by molar-refractivity contribution is 7.85. The van der Waals surface area contributed by atoms with Crippen molar-refractivity contribution >= 4 is 86.9 Å². The average Bonchev–Trinajstić information content (AvgIpc) is 3.81. The third-order valence-electron chi connectivity index (χ3n) is 13.5. The van der Waals surface area contributed by atoms with Crippen LogP contribution >= 0.6 is 18.5 Å². The summed E-state index contributed by atoms with van der Waals surface area (Å²) in [6, 6.07) is 59.8. The van der Waals surface area contributed by atoms with Gasteiger partial charge >= 0.3 is 0 Å². The lowest BCUT2D eigenvalue weighted by Gasteiger charge is -2.25. The van der Waals surface area contributed by atoms with Crippen molar-refractivity contribution in [3.05, 3.63) is 186 Å². The molecular formula is C54H39OPS. The van der Waals surface area contributed by atoms with E-state index < -0.39 is 7.14 Å². The largest absolute Gasteiger partial charge is 0.309 e. The van der Waals surface area contributed by atoms with E-state index in [-0.39, 0.29) is 10.8 Å². The fourth-order valence-corrected chi connectivity index (χ4v) is 14.4. The van der Waals surface area contributed by atoms with Crippen molar-refractivity contribution in [3.8, 4) is 22.3 Å². The van der Waals surface area contributed by atoms with Crippen LogP contribution in [0, 0.1) is 0 Å². The average molecular weight is 767 g/mol. The summed E-state index contributed by atoms with van der Waals surface area (Å²) in [6.45, 7) is 9.23. The zero-order valence-electron chi connectivity index (χ0n) is 32.4. The molecule has 12 rings (SSSR count). The monoisotopic (exact) mass is 766 g/mol. The molecule has 2 aliphatic carbocycles. The van der Waals surface area contributed by atoms with E-state index in [1.54, 1.807) is 0 Å². The molecule has 0 atom stereocenters. The fourth-order valence-electron chi connectivity index (χ4n) is 10.6. The molecular weight excluding hydrogens is 728 g/mol. The van der Waals surface area contributed by atoms with Crippen LogP contribution in [0.2, 0.25) is 0 Å². The summed E-state index contributed by atoms with van der Waals surface area (Å²) in [7, 11) is -3.45. The van der Waals surface area contributed by atoms with E-state index in [0.29, 0.717) is 0 Å². The van der Waals surface area contributed by atoms with Gasteiger partial charge in [0, 0.05) is 46.9 Å². The van der Waals surface area contributed by atoms with E-state index in [2.05, 4.69) is 191 Å². The van der Waals surface area contributed by atoms with Gasteiger partial charge in [-0.3, -0.25) is 0 Å². The standard InChI is InChI=1S/C54H39OPS/c1-53(2)47-18-10-7-15-38(47)44-28-33(22-25-49(44)53)56(55,34-23-26-50-45(29-34)39-16-8-11-19-48(39)54(50,3)4)32-21-24-37-41(27-32)35-13-5-6-14-36(35)42-30-46-40-17-9-12-20-51(40)57-52(46)31-43(37)42/h5-31H,1-4H3. The molecule has 0 N–H and O–H groups in total. The van der Waals surface area contributed by atoms with E-state index in [4.69, 9.17) is 0 Å². The third-order valence-corrected chi connectivity index (χ3v) is 17.7. The molecule has 0 bridgehead atoms. The van der Waals surface area contributed by atoms with Crippen molar-refractivity contribution in [1.82, 2.24) is 0 Å². The lowest BCUT2D eigenvalue weighted by Crippen LogP contribution is -2.26. The first kappa shape index (κ1) is 33.4. The maximum Gasteiger partial charge on any atom is 0.171 e. The number of hydrogen-bond donors (Lipinski definition) is 0. The maximum absolute atomic E-state index is 16.9. The van der Waals surface area contributed by atoms with Gasteiger partial charge in [-0.25, -0.2) is 0 Å². The van der Waals surface area contributed by atoms with Crippen LogP contribution in [0.3, 0.4) is 0 Å². The predicted octanol–water partition coefficient (Wildman–Crippen LogP) is 13.8. The topological polar surface area (TPSA) is 17.1 Å². The summed E-state index contributed by atoms with van der Waals surface area (Å²) in [5.41, 5.74) is 9.77. The van der Waals surface area contributed by atoms with Crippen molar-refractivity contribution in [2.45, 2.75) is 38.5 Å². The van der Waals surface area contributed by atoms with Gasteiger partial charge in [0.15, 0.2) is 7.14 Å². The van der Waals surface area contributed by atoms with Crippen LogP contribution < -0.4 is 15.9 Å². The molecule has 9 aromatic carbocycles. The number of hydrogen-bond acceptors (Lipinski definition) is 2. The molecule has 0 unspecified atom stereocenters. The zero-order chi connectivity index (χ0) is 38.4. The van der Waals surface area contributed by atoms with Gasteiger partial charge in [-0.05, 0) is 113 Å². The molecule has 0 aliphatic heterocycles. The summed E-state index contributed by atoms with van der Waals surface area (Å²) in [4.78, 5) is 0. The molecule has 0 amide bonds. The van der Waals surface area contributed by atoms with Crippen LogP contribution in [0.1, 0.15) is 49.9 Å². The SMILES string of the molecule is CC1(C)c2ccccc2-c2cc(P(=O)(c3ccc4c(c3)-c3ccccc3C4(C)C)c3ccc4c(c3)c3ccccc3c3cc5c(cc43)sc3ccccc35)ccc21. The van der Waals surface area contributed by atoms with Crippen LogP contribution in [0.5, 0.6) is 0 Å². The Kier molecular flexibility index (Phi) is 6.68. The van der Waals surface area contributed by atoms with Crippen molar-refractivity contribution in [2.24, 2.45) is 0 Å². The minimum Gasteiger partial charge on any atom is -0.309 e. The molecule has 57 heavy (non-hydrogen) atoms. The Hall–Kier alpha value is -5.79. The number of rotatable bonds is 3. The molecule has 1 heterocycles. The Morgan fingerprint density at radius 2 is 0.789 bits per heavy atom. The molecule has 272 valence electrons. The summed E-state index contributed by atoms with van der Waals surface area (Å²) in [5, 5.41) is 12.4. The van der Waals surface area contributed by atoms with Crippen LogP contribution in [0.4, 0.5) is 0 Å². The third kappa shape index (κ3) is 4.38. The summed E-state index contributed by atoms with van der Waals surface area (Å²) in [5.74, 6) is 0. The number of thiophene rings is 1. The number of benzene rings is 9. The molecule has 3 heteroatoms. The highest BCUT2D eigenvalue weighted by atomic mass is 32.1. The molecule has 1 nitrogen and oxygen atoms in total. The van der Waals surface area contributed by atoms with Gasteiger partial charge < -0.3 is 4.57 Å². The van der Waals surface area contributed by atoms with Gasteiger partial charge in [0.2, 0.25) is 0 Å². The minimum absolute atomic E-state index is 0.139. The summed E-state index contributed by atoms with van der Waals surface area (Å²) in [6.07, 6.45) is 0. The lowest BCUT2D eigenvalue weighted by atomic mass is 9.82. The van der Waals surface area contributed by atoms with Crippen LogP contribution in [-0.4, -0.2) is 0 Å². The Morgan fingerprint density at radius 1 is 0.351 bits per heavy atom. The predicted molar refractivity (Wildman–Crippen MR) is 246 cm³/mol. The molecule has 0 fully saturated rings. The molecule has 1 aromatic heterocycles. The van der Waals surface area contributed by atoms with Gasteiger partial charge in [-0.15, -0.1) is 11.3 Å². The second-order valence-electron chi connectivity index (χ2n) is 17.2. The summed E-state index contributed by atoms with van der Waals surface area (Å²) >= 11 is 1.86. The van der Waals surface area contributed by atoms with E-state index in [1.807, 2.05) is 11.3 Å². The van der Waals surface area contributed by atoms with E-state index in [0.717, 1.165) is 21.3 Å². The van der Waals surface area contributed by atoms with E-state index >= 15 is 4.57 Å². The molecule has 10 aromatic rings. The molecule has 0 saturated carbocycles. The molecule has 0 radical (unpaired) electrons. The summed E-state index contributed by atoms with van der Waals surface area (Å²) < 4.78 is 19.5. The molecule has 0 spiro atoms. The van der Waals surface area contributed by atoms with Gasteiger partial charge in [0.25, 0.3) is 0 Å². The van der Waals surface area contributed by atoms with Crippen molar-refractivity contribution in [3.63, 3.8) is 0 Å². The van der Waals surface area contributed by atoms with Crippen molar-refractivity contribution in [2.75, 3.05) is 0 Å². The Bertz CT molecular complexity index is 3340. The first-order valence-corrected chi connectivity index (χ1v) is 22.5. The van der Waals surface area contributed by atoms with Gasteiger partial charge in [0.05, 0.1) is 0 Å². The van der Waals surface area contributed by atoms with Crippen molar-refractivity contribution < 1.29 is 4.57 Å². The Labute approximate surface area is 336 Å². The Morgan fingerprint density at radius 3 is 1.40 bits per heavy atom. The Balaban J connectivity index is 1.15. The van der Waals surface area contributed by atoms with E-state index in [1.165, 1.54) is 91.6 Å². The highest BCUT2D eigenvalue weighted by Crippen LogP contribution is 2.54. The zero-order valence-corrected chi connectivity index (χ0v) is 34.1. The smallest absolute Gasteiger partial charge is 0.171 e. The lowest BCUT2D eigenvalue weighted by molar-refractivity contribution is 0.592. The normalized spacial score (nSPS) is 15.0. The number of fused-ring (bicyclic) bond motifs is 15. The van der Waals surface area contributed by atoms with Crippen LogP contribution in [0.15, 0.2) is 164 Å². The maximum atomic E-state index is 16.9. The van der Waals surface area contributed by atoms with Crippen LogP contribution in [-0.2, 0) is 15.4 Å². The van der Waals surface area contributed by atoms with Gasteiger partial charge in [-0.2, -0.15) is 0 Å². The van der Waals surface area contributed by atoms with Gasteiger partial charge in [-0.1, -0.05) is 155 Å². The second-order valence-corrected chi connectivity index (χ2v) is 21.0. The fraction of sp³-hybridized carbons (Fsp3) is 0.111. The first-order chi connectivity index (χ1) is 27.6.